The molecule has 0 saturated heterocycles. The van der Waals surface area contributed by atoms with Crippen LogP contribution in [-0.4, -0.2) is 11.3 Å². The number of nitrogens with one attached hydrogen (secondary N) is 1. The summed E-state index contributed by atoms with van der Waals surface area (Å²) in [5.41, 5.74) is 0.957. The van der Waals surface area contributed by atoms with Gasteiger partial charge >= 0.3 is 0 Å². The molecule has 1 aromatic carbocycles. The Morgan fingerprint density at radius 3 is 2.50 bits per heavy atom. The van der Waals surface area contributed by atoms with Crippen LogP contribution in [0.1, 0.15) is 24.3 Å². The molecule has 0 aliphatic carbocycles. The van der Waals surface area contributed by atoms with Crippen molar-refractivity contribution in [3.05, 3.63) is 60.1 Å². The highest BCUT2D eigenvalue weighted by Gasteiger charge is 2.21. The standard InChI is InChI=1S/C14H14ClNO2/c1-10(15)14(17)16-13(12-8-5-9-18-12)11-6-3-2-4-7-11/h2-10,13H,1H3,(H,16,17). The predicted molar refractivity (Wildman–Crippen MR) is 70.5 cm³/mol. The average molecular weight is 264 g/mol. The molecule has 1 N–H and O–H groups in total. The lowest BCUT2D eigenvalue weighted by Gasteiger charge is -2.17. The van der Waals surface area contributed by atoms with Crippen molar-refractivity contribution in [2.24, 2.45) is 0 Å². The third kappa shape index (κ3) is 2.93. The number of alkyl halides is 1. The van der Waals surface area contributed by atoms with Crippen molar-refractivity contribution in [3.8, 4) is 0 Å². The molecule has 0 radical (unpaired) electrons. The van der Waals surface area contributed by atoms with Gasteiger partial charge in [-0.05, 0) is 24.6 Å². The van der Waals surface area contributed by atoms with E-state index in [2.05, 4.69) is 5.32 Å². The van der Waals surface area contributed by atoms with Crippen LogP contribution < -0.4 is 5.32 Å². The zero-order valence-electron chi connectivity index (χ0n) is 9.97. The summed E-state index contributed by atoms with van der Waals surface area (Å²) in [6, 6.07) is 12.9. The summed E-state index contributed by atoms with van der Waals surface area (Å²) >= 11 is 5.78. The summed E-state index contributed by atoms with van der Waals surface area (Å²) in [5.74, 6) is 0.466. The van der Waals surface area contributed by atoms with Crippen LogP contribution in [0.15, 0.2) is 53.1 Å². The van der Waals surface area contributed by atoms with Crippen LogP contribution in [0.25, 0.3) is 0 Å². The summed E-state index contributed by atoms with van der Waals surface area (Å²) in [6.07, 6.45) is 1.58. The first-order chi connectivity index (χ1) is 8.68. The van der Waals surface area contributed by atoms with Gasteiger partial charge in [-0.15, -0.1) is 11.6 Å². The van der Waals surface area contributed by atoms with Gasteiger partial charge in [0.15, 0.2) is 0 Å². The van der Waals surface area contributed by atoms with Gasteiger partial charge in [-0.1, -0.05) is 30.3 Å². The van der Waals surface area contributed by atoms with Crippen molar-refractivity contribution in [2.45, 2.75) is 18.3 Å². The van der Waals surface area contributed by atoms with Crippen LogP contribution in [0, 0.1) is 0 Å². The molecule has 18 heavy (non-hydrogen) atoms. The summed E-state index contributed by atoms with van der Waals surface area (Å²) in [6.45, 7) is 1.64. The summed E-state index contributed by atoms with van der Waals surface area (Å²) in [5, 5.41) is 2.29. The van der Waals surface area contributed by atoms with Gasteiger partial charge in [0.25, 0.3) is 0 Å². The number of hydrogen-bond donors (Lipinski definition) is 1. The molecule has 0 bridgehead atoms. The van der Waals surface area contributed by atoms with Crippen molar-refractivity contribution in [3.63, 3.8) is 0 Å². The maximum atomic E-state index is 11.7. The Hall–Kier alpha value is -1.74. The Labute approximate surface area is 111 Å². The molecule has 2 atom stereocenters. The molecule has 0 aliphatic heterocycles. The van der Waals surface area contributed by atoms with Crippen LogP contribution >= 0.6 is 11.6 Å². The molecule has 3 nitrogen and oxygen atoms in total. The maximum Gasteiger partial charge on any atom is 0.238 e. The van der Waals surface area contributed by atoms with E-state index in [-0.39, 0.29) is 11.9 Å². The fourth-order valence-electron chi connectivity index (χ4n) is 1.68. The number of carbonyl (C=O) groups excluding carboxylic acids is 1. The van der Waals surface area contributed by atoms with Crippen molar-refractivity contribution in [1.29, 1.82) is 0 Å². The smallest absolute Gasteiger partial charge is 0.238 e. The Balaban J connectivity index is 2.27. The van der Waals surface area contributed by atoms with E-state index < -0.39 is 5.38 Å². The van der Waals surface area contributed by atoms with Crippen molar-refractivity contribution >= 4 is 17.5 Å². The zero-order valence-corrected chi connectivity index (χ0v) is 10.7. The second kappa shape index (κ2) is 5.74. The molecule has 2 unspecified atom stereocenters. The number of carbonyl (C=O) groups is 1. The number of halogens is 1. The number of amides is 1. The molecule has 1 heterocycles. The van der Waals surface area contributed by atoms with E-state index in [0.29, 0.717) is 5.76 Å². The number of furan rings is 1. The monoisotopic (exact) mass is 263 g/mol. The highest BCUT2D eigenvalue weighted by atomic mass is 35.5. The van der Waals surface area contributed by atoms with E-state index in [1.54, 1.807) is 19.3 Å². The van der Waals surface area contributed by atoms with Crippen molar-refractivity contribution in [1.82, 2.24) is 5.32 Å². The maximum absolute atomic E-state index is 11.7. The van der Waals surface area contributed by atoms with Crippen molar-refractivity contribution < 1.29 is 9.21 Å². The Bertz CT molecular complexity index is 494. The molecule has 1 amide bonds. The normalized spacial score (nSPS) is 13.9. The SMILES string of the molecule is CC(Cl)C(=O)NC(c1ccccc1)c1ccco1. The van der Waals surface area contributed by atoms with Gasteiger partial charge in [0.05, 0.1) is 6.26 Å². The van der Waals surface area contributed by atoms with Gasteiger partial charge < -0.3 is 9.73 Å². The lowest BCUT2D eigenvalue weighted by molar-refractivity contribution is -0.121. The van der Waals surface area contributed by atoms with Crippen LogP contribution in [0.4, 0.5) is 0 Å². The molecule has 2 aromatic rings. The fourth-order valence-corrected chi connectivity index (χ4v) is 1.74. The Morgan fingerprint density at radius 1 is 1.22 bits per heavy atom. The number of benzene rings is 1. The molecule has 0 aliphatic rings. The second-order valence-corrected chi connectivity index (χ2v) is 4.64. The minimum Gasteiger partial charge on any atom is -0.467 e. The fraction of sp³-hybridized carbons (Fsp3) is 0.214. The van der Waals surface area contributed by atoms with Gasteiger partial charge in [-0.3, -0.25) is 4.79 Å². The molecular formula is C14H14ClNO2. The molecular weight excluding hydrogens is 250 g/mol. The van der Waals surface area contributed by atoms with E-state index >= 15 is 0 Å². The van der Waals surface area contributed by atoms with Gasteiger partial charge in [0, 0.05) is 0 Å². The molecule has 0 spiro atoms. The number of hydrogen-bond acceptors (Lipinski definition) is 2. The van der Waals surface area contributed by atoms with E-state index in [0.717, 1.165) is 5.56 Å². The predicted octanol–water partition coefficient (Wildman–Crippen LogP) is 3.11. The first kappa shape index (κ1) is 12.7. The van der Waals surface area contributed by atoms with Crippen LogP contribution in [-0.2, 0) is 4.79 Å². The molecule has 0 fully saturated rings. The summed E-state index contributed by atoms with van der Waals surface area (Å²) in [7, 11) is 0. The first-order valence-electron chi connectivity index (χ1n) is 5.71. The molecule has 1 aromatic heterocycles. The van der Waals surface area contributed by atoms with E-state index in [4.69, 9.17) is 16.0 Å². The Kier molecular flexibility index (Phi) is 4.05. The van der Waals surface area contributed by atoms with Gasteiger partial charge in [-0.25, -0.2) is 0 Å². The van der Waals surface area contributed by atoms with Crippen LogP contribution in [0.5, 0.6) is 0 Å². The van der Waals surface area contributed by atoms with Gasteiger partial charge in [0.2, 0.25) is 5.91 Å². The third-order valence-electron chi connectivity index (χ3n) is 2.61. The lowest BCUT2D eigenvalue weighted by Crippen LogP contribution is -2.33. The summed E-state index contributed by atoms with van der Waals surface area (Å²) in [4.78, 5) is 11.7. The minimum atomic E-state index is -0.578. The summed E-state index contributed by atoms with van der Waals surface area (Å²) < 4.78 is 5.37. The Morgan fingerprint density at radius 2 is 1.94 bits per heavy atom. The van der Waals surface area contributed by atoms with E-state index in [9.17, 15) is 4.79 Å². The molecule has 2 rings (SSSR count). The van der Waals surface area contributed by atoms with Gasteiger partial charge in [0.1, 0.15) is 17.2 Å². The largest absolute Gasteiger partial charge is 0.467 e. The second-order valence-electron chi connectivity index (χ2n) is 3.98. The third-order valence-corrected chi connectivity index (χ3v) is 2.81. The number of rotatable bonds is 4. The van der Waals surface area contributed by atoms with E-state index in [1.807, 2.05) is 36.4 Å². The zero-order chi connectivity index (χ0) is 13.0. The lowest BCUT2D eigenvalue weighted by atomic mass is 10.0. The quantitative estimate of drug-likeness (QED) is 0.862. The molecule has 94 valence electrons. The van der Waals surface area contributed by atoms with E-state index in [1.165, 1.54) is 0 Å². The first-order valence-corrected chi connectivity index (χ1v) is 6.15. The highest BCUT2D eigenvalue weighted by Crippen LogP contribution is 2.22. The minimum absolute atomic E-state index is 0.220. The van der Waals surface area contributed by atoms with Crippen LogP contribution in [0.3, 0.4) is 0 Å². The molecule has 0 saturated carbocycles. The molecule has 4 heteroatoms. The van der Waals surface area contributed by atoms with Crippen LogP contribution in [0.2, 0.25) is 0 Å². The topological polar surface area (TPSA) is 42.2 Å². The van der Waals surface area contributed by atoms with Crippen molar-refractivity contribution in [2.75, 3.05) is 0 Å². The average Bonchev–Trinajstić information content (AvgIpc) is 2.90. The highest BCUT2D eigenvalue weighted by molar-refractivity contribution is 6.30. The van der Waals surface area contributed by atoms with Gasteiger partial charge in [-0.2, -0.15) is 0 Å².